The van der Waals surface area contributed by atoms with Gasteiger partial charge in [-0.2, -0.15) is 5.26 Å². The summed E-state index contributed by atoms with van der Waals surface area (Å²) in [5, 5.41) is 14.2. The second kappa shape index (κ2) is 9.33. The monoisotopic (exact) mass is 394 g/mol. The summed E-state index contributed by atoms with van der Waals surface area (Å²) >= 11 is 6.63. The summed E-state index contributed by atoms with van der Waals surface area (Å²) in [7, 11) is 0. The number of aryl methyl sites for hydroxylation is 1. The summed E-state index contributed by atoms with van der Waals surface area (Å²) in [4.78, 5) is 0.820. The van der Waals surface area contributed by atoms with Crippen molar-refractivity contribution < 1.29 is 13.7 Å². The molecule has 0 unspecified atom stereocenters. The van der Waals surface area contributed by atoms with Gasteiger partial charge in [0.2, 0.25) is 0 Å². The first kappa shape index (κ1) is 19.9. The van der Waals surface area contributed by atoms with Gasteiger partial charge in [-0.3, -0.25) is 9.05 Å². The van der Waals surface area contributed by atoms with Crippen LogP contribution >= 0.6 is 18.5 Å². The largest absolute Gasteiger partial charge is 0.402 e. The van der Waals surface area contributed by atoms with Crippen LogP contribution in [0.3, 0.4) is 0 Å². The number of rotatable bonds is 7. The molecule has 0 N–H and O–H groups in total. The van der Waals surface area contributed by atoms with E-state index in [1.807, 2.05) is 51.1 Å². The van der Waals surface area contributed by atoms with Crippen LogP contribution in [0.1, 0.15) is 25.0 Å². The molecule has 0 saturated carbocycles. The molecule has 0 aromatic heterocycles. The minimum Gasteiger partial charge on any atom is -0.313 e. The summed E-state index contributed by atoms with van der Waals surface area (Å²) < 4.78 is 16.2. The van der Waals surface area contributed by atoms with Crippen LogP contribution in [0.15, 0.2) is 46.5 Å². The molecule has 0 fully saturated rings. The van der Waals surface area contributed by atoms with Crippen molar-refractivity contribution in [3.63, 3.8) is 0 Å². The van der Waals surface area contributed by atoms with Crippen molar-refractivity contribution in [3.8, 4) is 6.07 Å². The lowest BCUT2D eigenvalue weighted by atomic mass is 10.0. The lowest BCUT2D eigenvalue weighted by Gasteiger charge is -2.17. The van der Waals surface area contributed by atoms with Crippen molar-refractivity contribution >= 4 is 40.9 Å². The lowest BCUT2D eigenvalue weighted by molar-refractivity contribution is 0.172. The number of nitriles is 1. The number of benzene rings is 1. The number of hydrogen-bond donors (Lipinski definition) is 0. The Labute approximate surface area is 157 Å². The van der Waals surface area contributed by atoms with Gasteiger partial charge in [-0.1, -0.05) is 41.2 Å². The van der Waals surface area contributed by atoms with Crippen molar-refractivity contribution in [2.24, 2.45) is 5.16 Å². The van der Waals surface area contributed by atoms with Gasteiger partial charge >= 0.3 is 6.72 Å². The van der Waals surface area contributed by atoms with Gasteiger partial charge in [0.25, 0.3) is 0 Å². The molecule has 25 heavy (non-hydrogen) atoms. The van der Waals surface area contributed by atoms with Crippen molar-refractivity contribution in [2.75, 3.05) is 13.2 Å². The fourth-order valence-electron chi connectivity index (χ4n) is 2.10. The number of thioether (sulfide) groups is 1. The van der Waals surface area contributed by atoms with E-state index in [-0.39, 0.29) is 0 Å². The third-order valence-corrected chi connectivity index (χ3v) is 6.41. The fourth-order valence-corrected chi connectivity index (χ4v) is 4.71. The zero-order valence-corrected chi connectivity index (χ0v) is 16.8. The summed E-state index contributed by atoms with van der Waals surface area (Å²) in [6.45, 7) is 3.54. The van der Waals surface area contributed by atoms with E-state index in [4.69, 9.17) is 25.5 Å². The highest BCUT2D eigenvalue weighted by molar-refractivity contribution is 8.18. The summed E-state index contributed by atoms with van der Waals surface area (Å²) in [5.41, 5.74) is 2.57. The highest BCUT2D eigenvalue weighted by Crippen LogP contribution is 2.50. The van der Waals surface area contributed by atoms with Crippen LogP contribution in [-0.4, -0.2) is 18.3 Å². The van der Waals surface area contributed by atoms with Gasteiger partial charge in [-0.05, 0) is 44.1 Å². The van der Waals surface area contributed by atoms with E-state index >= 15 is 0 Å². The van der Waals surface area contributed by atoms with Crippen LogP contribution in [0.25, 0.3) is 5.57 Å². The molecular formula is C17H19N2O3PS2. The van der Waals surface area contributed by atoms with Gasteiger partial charge in [-0.15, -0.1) is 0 Å². The van der Waals surface area contributed by atoms with Gasteiger partial charge in [-0.25, -0.2) is 0 Å². The first-order chi connectivity index (χ1) is 12.0. The zero-order chi connectivity index (χ0) is 18.3. The van der Waals surface area contributed by atoms with E-state index < -0.39 is 6.72 Å². The van der Waals surface area contributed by atoms with Gasteiger partial charge < -0.3 is 4.62 Å². The predicted octanol–water partition coefficient (Wildman–Crippen LogP) is 5.16. The normalized spacial score (nSPS) is 17.6. The maximum absolute atomic E-state index is 9.57. The van der Waals surface area contributed by atoms with Crippen LogP contribution in [0, 0.1) is 18.3 Å². The average Bonchev–Trinajstić information content (AvgIpc) is 3.05. The minimum absolute atomic E-state index is 0.391. The maximum atomic E-state index is 9.57. The Morgan fingerprint density at radius 3 is 2.52 bits per heavy atom. The Morgan fingerprint density at radius 1 is 1.24 bits per heavy atom. The van der Waals surface area contributed by atoms with Crippen LogP contribution < -0.4 is 0 Å². The quantitative estimate of drug-likeness (QED) is 0.362. The van der Waals surface area contributed by atoms with E-state index in [9.17, 15) is 5.26 Å². The fraction of sp³-hybridized carbons (Fsp3) is 0.294. The smallest absolute Gasteiger partial charge is 0.313 e. The molecule has 1 aromatic rings. The minimum atomic E-state index is -2.87. The topological polar surface area (TPSA) is 63.8 Å². The van der Waals surface area contributed by atoms with Crippen LogP contribution in [-0.2, 0) is 25.5 Å². The molecule has 0 spiro atoms. The molecule has 0 amide bonds. The Morgan fingerprint density at radius 2 is 1.92 bits per heavy atom. The van der Waals surface area contributed by atoms with Crippen LogP contribution in [0.4, 0.5) is 0 Å². The molecule has 0 saturated heterocycles. The van der Waals surface area contributed by atoms with Gasteiger partial charge in [0.1, 0.15) is 11.1 Å². The Balaban J connectivity index is 2.20. The van der Waals surface area contributed by atoms with Crippen molar-refractivity contribution in [1.82, 2.24) is 0 Å². The van der Waals surface area contributed by atoms with Gasteiger partial charge in [0.05, 0.1) is 18.8 Å². The Hall–Kier alpha value is -1.42. The molecule has 132 valence electrons. The number of nitrogens with zero attached hydrogens (tertiary/aromatic N) is 2. The highest BCUT2D eigenvalue weighted by atomic mass is 32.5. The Bertz CT molecular complexity index is 802. The van der Waals surface area contributed by atoms with E-state index in [0.29, 0.717) is 23.8 Å². The predicted molar refractivity (Wildman–Crippen MR) is 107 cm³/mol. The highest BCUT2D eigenvalue weighted by Gasteiger charge is 2.22. The molecule has 5 nitrogen and oxygen atoms in total. The Kier molecular flexibility index (Phi) is 7.42. The third kappa shape index (κ3) is 5.27. The van der Waals surface area contributed by atoms with Crippen molar-refractivity contribution in [2.45, 2.75) is 20.8 Å². The van der Waals surface area contributed by atoms with E-state index in [2.05, 4.69) is 11.2 Å². The zero-order valence-electron chi connectivity index (χ0n) is 14.3. The molecule has 8 heteroatoms. The van der Waals surface area contributed by atoms with Gasteiger partial charge in [0.15, 0.2) is 0 Å². The van der Waals surface area contributed by atoms with Crippen LogP contribution in [0.2, 0.25) is 0 Å². The molecule has 2 rings (SSSR count). The summed E-state index contributed by atoms with van der Waals surface area (Å²) in [6.07, 6.45) is 3.63. The SMILES string of the molecule is CCOP(=S)(OCC)O/N=C1C=C/C(=C(\C#N)c2ccccc2C)S\1. The van der Waals surface area contributed by atoms with Crippen molar-refractivity contribution in [1.29, 1.82) is 5.26 Å². The molecule has 1 aromatic carbocycles. The molecule has 0 radical (unpaired) electrons. The molecule has 0 bridgehead atoms. The van der Waals surface area contributed by atoms with E-state index in [1.54, 1.807) is 6.08 Å². The number of oxime groups is 1. The molecule has 0 aliphatic carbocycles. The standard InChI is InChI=1S/C17H19N2O3PS2/c1-4-20-23(24,21-5-2)22-19-17-11-10-16(25-17)15(12-18)14-9-7-6-8-13(14)3/h6-11H,4-5H2,1-3H3/b16-15-,19-17+. The lowest BCUT2D eigenvalue weighted by Crippen LogP contribution is -1.97. The average molecular weight is 394 g/mol. The summed E-state index contributed by atoms with van der Waals surface area (Å²) in [5.74, 6) is 0. The second-order valence-corrected chi connectivity index (χ2v) is 8.87. The number of allylic oxidation sites excluding steroid dienone is 2. The molecule has 1 heterocycles. The first-order valence-corrected chi connectivity index (χ1v) is 11.1. The van der Waals surface area contributed by atoms with E-state index in [0.717, 1.165) is 16.0 Å². The van der Waals surface area contributed by atoms with Crippen molar-refractivity contribution in [3.05, 3.63) is 52.4 Å². The molecular weight excluding hydrogens is 375 g/mol. The second-order valence-electron chi connectivity index (χ2n) is 4.90. The summed E-state index contributed by atoms with van der Waals surface area (Å²) in [6, 6.07) is 10.1. The van der Waals surface area contributed by atoms with Crippen LogP contribution in [0.5, 0.6) is 0 Å². The maximum Gasteiger partial charge on any atom is 0.402 e. The number of hydrogen-bond acceptors (Lipinski definition) is 7. The molecule has 1 aliphatic heterocycles. The first-order valence-electron chi connectivity index (χ1n) is 7.75. The third-order valence-electron chi connectivity index (χ3n) is 3.17. The van der Waals surface area contributed by atoms with E-state index in [1.165, 1.54) is 11.8 Å². The molecule has 1 aliphatic rings. The molecule has 0 atom stereocenters. The van der Waals surface area contributed by atoms with Gasteiger partial charge in [0, 0.05) is 16.7 Å².